The van der Waals surface area contributed by atoms with Crippen LogP contribution >= 0.6 is 0 Å². The van der Waals surface area contributed by atoms with Crippen LogP contribution in [0.1, 0.15) is 41.0 Å². The van der Waals surface area contributed by atoms with Crippen molar-refractivity contribution in [3.05, 3.63) is 0 Å². The molecular weight excluding hydrogens is 272 g/mol. The third kappa shape index (κ3) is 5.02. The van der Waals surface area contributed by atoms with E-state index in [0.29, 0.717) is 6.54 Å². The minimum Gasteiger partial charge on any atom is -0.458 e. The number of carbonyl (C=O) groups excluding carboxylic acids is 3. The van der Waals surface area contributed by atoms with Crippen LogP contribution in [0.3, 0.4) is 0 Å². The van der Waals surface area contributed by atoms with Crippen molar-refractivity contribution in [2.75, 3.05) is 13.6 Å². The second-order valence-corrected chi connectivity index (χ2v) is 6.94. The molecule has 6 heteroatoms. The molecule has 0 spiro atoms. The summed E-state index contributed by atoms with van der Waals surface area (Å²) >= 11 is 0. The maximum absolute atomic E-state index is 12.2. The number of rotatable bonds is 4. The molecule has 1 aliphatic rings. The first-order chi connectivity index (χ1) is 9.51. The van der Waals surface area contributed by atoms with Crippen molar-refractivity contribution in [1.29, 1.82) is 0 Å². The molecule has 0 aromatic heterocycles. The van der Waals surface area contributed by atoms with Crippen molar-refractivity contribution in [2.24, 2.45) is 11.8 Å². The molecule has 1 N–H and O–H groups in total. The summed E-state index contributed by atoms with van der Waals surface area (Å²) in [6.07, 6.45) is 0.196. The quantitative estimate of drug-likeness (QED) is 0.784. The van der Waals surface area contributed by atoms with Gasteiger partial charge in [0.25, 0.3) is 0 Å². The summed E-state index contributed by atoms with van der Waals surface area (Å²) in [5.74, 6) is -1.24. The van der Waals surface area contributed by atoms with Gasteiger partial charge < -0.3 is 15.0 Å². The normalized spacial score (nSPS) is 20.6. The lowest BCUT2D eigenvalue weighted by atomic mass is 10.0. The van der Waals surface area contributed by atoms with Crippen LogP contribution in [0.4, 0.5) is 0 Å². The minimum atomic E-state index is -0.697. The Labute approximate surface area is 126 Å². The molecule has 0 aliphatic carbocycles. The summed E-state index contributed by atoms with van der Waals surface area (Å²) in [4.78, 5) is 37.4. The molecule has 0 aromatic rings. The maximum Gasteiger partial charge on any atom is 0.329 e. The van der Waals surface area contributed by atoms with Crippen molar-refractivity contribution >= 4 is 17.8 Å². The zero-order valence-electron chi connectivity index (χ0n) is 13.7. The third-order valence-corrected chi connectivity index (χ3v) is 3.34. The van der Waals surface area contributed by atoms with Gasteiger partial charge in [-0.05, 0) is 26.7 Å². The van der Waals surface area contributed by atoms with Gasteiger partial charge in [-0.3, -0.25) is 9.59 Å². The second kappa shape index (κ2) is 6.45. The molecule has 21 heavy (non-hydrogen) atoms. The van der Waals surface area contributed by atoms with Crippen LogP contribution in [0.15, 0.2) is 0 Å². The molecule has 2 amide bonds. The highest BCUT2D eigenvalue weighted by atomic mass is 16.6. The number of hydrogen-bond acceptors (Lipinski definition) is 4. The van der Waals surface area contributed by atoms with E-state index < -0.39 is 23.5 Å². The lowest BCUT2D eigenvalue weighted by Gasteiger charge is -2.27. The minimum absolute atomic E-state index is 0.0477. The molecule has 0 bridgehead atoms. The van der Waals surface area contributed by atoms with Gasteiger partial charge in [-0.2, -0.15) is 0 Å². The lowest BCUT2D eigenvalue weighted by molar-refractivity contribution is -0.160. The lowest BCUT2D eigenvalue weighted by Crippen LogP contribution is -2.49. The van der Waals surface area contributed by atoms with Crippen LogP contribution in [0.5, 0.6) is 0 Å². The second-order valence-electron chi connectivity index (χ2n) is 6.94. The first-order valence-electron chi connectivity index (χ1n) is 7.28. The van der Waals surface area contributed by atoms with E-state index in [9.17, 15) is 14.4 Å². The predicted molar refractivity (Wildman–Crippen MR) is 78.4 cm³/mol. The van der Waals surface area contributed by atoms with E-state index in [1.54, 1.807) is 27.8 Å². The van der Waals surface area contributed by atoms with Crippen molar-refractivity contribution in [3.63, 3.8) is 0 Å². The van der Waals surface area contributed by atoms with Crippen molar-refractivity contribution in [3.8, 4) is 0 Å². The smallest absolute Gasteiger partial charge is 0.329 e. The molecule has 1 aliphatic heterocycles. The topological polar surface area (TPSA) is 75.7 Å². The average Bonchev–Trinajstić information content (AvgIpc) is 2.63. The Balaban J connectivity index is 2.69. The van der Waals surface area contributed by atoms with Crippen molar-refractivity contribution in [1.82, 2.24) is 10.2 Å². The van der Waals surface area contributed by atoms with Crippen molar-refractivity contribution in [2.45, 2.75) is 52.7 Å². The molecule has 0 saturated carbocycles. The number of carbonyl (C=O) groups is 3. The Morgan fingerprint density at radius 2 is 1.90 bits per heavy atom. The molecule has 120 valence electrons. The van der Waals surface area contributed by atoms with E-state index in [1.165, 1.54) is 4.90 Å². The SMILES string of the molecule is CC(C)[C@@H](NC(=O)C1CC(=O)N(C)C1)C(=O)OC(C)(C)C. The first-order valence-corrected chi connectivity index (χ1v) is 7.28. The Morgan fingerprint density at radius 3 is 2.29 bits per heavy atom. The molecule has 1 saturated heterocycles. The average molecular weight is 298 g/mol. The Morgan fingerprint density at radius 1 is 1.33 bits per heavy atom. The van der Waals surface area contributed by atoms with Crippen molar-refractivity contribution < 1.29 is 19.1 Å². The predicted octanol–water partition coefficient (Wildman–Crippen LogP) is 0.947. The van der Waals surface area contributed by atoms with E-state index in [1.807, 2.05) is 13.8 Å². The fraction of sp³-hybridized carbons (Fsp3) is 0.800. The fourth-order valence-corrected chi connectivity index (χ4v) is 2.17. The molecule has 0 radical (unpaired) electrons. The number of hydrogen-bond donors (Lipinski definition) is 1. The fourth-order valence-electron chi connectivity index (χ4n) is 2.17. The molecule has 6 nitrogen and oxygen atoms in total. The molecule has 0 aromatic carbocycles. The Bertz CT molecular complexity index is 426. The van der Waals surface area contributed by atoms with Crippen LogP contribution in [0.2, 0.25) is 0 Å². The van der Waals surface area contributed by atoms with Gasteiger partial charge in [0.2, 0.25) is 11.8 Å². The number of nitrogens with one attached hydrogen (secondary N) is 1. The van der Waals surface area contributed by atoms with Gasteiger partial charge in [0.15, 0.2) is 0 Å². The zero-order chi connectivity index (χ0) is 16.4. The first kappa shape index (κ1) is 17.5. The number of nitrogens with zero attached hydrogens (tertiary/aromatic N) is 1. The van der Waals surface area contributed by atoms with E-state index >= 15 is 0 Å². The van der Waals surface area contributed by atoms with Gasteiger partial charge in [-0.1, -0.05) is 13.8 Å². The van der Waals surface area contributed by atoms with E-state index in [-0.39, 0.29) is 24.2 Å². The third-order valence-electron chi connectivity index (χ3n) is 3.34. The number of esters is 1. The van der Waals surface area contributed by atoms with Crippen LogP contribution in [-0.2, 0) is 19.1 Å². The number of amides is 2. The summed E-state index contributed by atoms with van der Waals surface area (Å²) in [6.45, 7) is 9.45. The van der Waals surface area contributed by atoms with E-state index in [4.69, 9.17) is 4.74 Å². The molecule has 1 rings (SSSR count). The van der Waals surface area contributed by atoms with Crippen LogP contribution < -0.4 is 5.32 Å². The van der Waals surface area contributed by atoms with Gasteiger partial charge in [-0.15, -0.1) is 0 Å². The number of ether oxygens (including phenoxy) is 1. The van der Waals surface area contributed by atoms with Gasteiger partial charge in [-0.25, -0.2) is 4.79 Å². The zero-order valence-corrected chi connectivity index (χ0v) is 13.7. The summed E-state index contributed by atoms with van der Waals surface area (Å²) in [5, 5.41) is 2.73. The Kier molecular flexibility index (Phi) is 5.36. The monoisotopic (exact) mass is 298 g/mol. The highest BCUT2D eigenvalue weighted by Gasteiger charge is 2.36. The molecule has 2 atom stereocenters. The van der Waals surface area contributed by atoms with Crippen LogP contribution in [-0.4, -0.2) is 47.9 Å². The van der Waals surface area contributed by atoms with E-state index in [0.717, 1.165) is 0 Å². The van der Waals surface area contributed by atoms with E-state index in [2.05, 4.69) is 5.32 Å². The highest BCUT2D eigenvalue weighted by Crippen LogP contribution is 2.18. The molecule has 1 unspecified atom stereocenters. The van der Waals surface area contributed by atoms with Crippen LogP contribution in [0.25, 0.3) is 0 Å². The van der Waals surface area contributed by atoms with Crippen LogP contribution in [0, 0.1) is 11.8 Å². The van der Waals surface area contributed by atoms with Gasteiger partial charge in [0.05, 0.1) is 5.92 Å². The molecule has 1 heterocycles. The highest BCUT2D eigenvalue weighted by molar-refractivity contribution is 5.91. The largest absolute Gasteiger partial charge is 0.458 e. The summed E-state index contributed by atoms with van der Waals surface area (Å²) in [7, 11) is 1.67. The summed E-state index contributed by atoms with van der Waals surface area (Å²) in [6, 6.07) is -0.697. The summed E-state index contributed by atoms with van der Waals surface area (Å²) < 4.78 is 5.34. The number of likely N-dealkylation sites (tertiary alicyclic amines) is 1. The van der Waals surface area contributed by atoms with Gasteiger partial charge in [0.1, 0.15) is 11.6 Å². The molecular formula is C15H26N2O4. The maximum atomic E-state index is 12.2. The van der Waals surface area contributed by atoms with Gasteiger partial charge >= 0.3 is 5.97 Å². The standard InChI is InChI=1S/C15H26N2O4/c1-9(2)12(14(20)21-15(3,4)5)16-13(19)10-7-11(18)17(6)8-10/h9-10,12H,7-8H2,1-6H3,(H,16,19)/t10?,12-/m1/s1. The molecule has 1 fully saturated rings. The summed E-state index contributed by atoms with van der Waals surface area (Å²) in [5.41, 5.74) is -0.599. The van der Waals surface area contributed by atoms with Gasteiger partial charge in [0, 0.05) is 20.0 Å². The Hall–Kier alpha value is -1.59.